The molecule has 0 bridgehead atoms. The second-order valence-electron chi connectivity index (χ2n) is 4.97. The summed E-state index contributed by atoms with van der Waals surface area (Å²) in [4.78, 5) is 13.5. The summed E-state index contributed by atoms with van der Waals surface area (Å²) >= 11 is 0. The molecule has 1 aromatic carbocycles. The van der Waals surface area contributed by atoms with E-state index >= 15 is 0 Å². The molecule has 0 aromatic heterocycles. The fourth-order valence-corrected chi connectivity index (χ4v) is 3.40. The van der Waals surface area contributed by atoms with Crippen molar-refractivity contribution in [2.75, 3.05) is 37.7 Å². The van der Waals surface area contributed by atoms with E-state index in [1.807, 2.05) is 4.90 Å². The first kappa shape index (κ1) is 16.8. The smallest absolute Gasteiger partial charge is 0.257 e. The highest BCUT2D eigenvalue weighted by Gasteiger charge is 2.23. The zero-order chi connectivity index (χ0) is 16.3. The Morgan fingerprint density at radius 3 is 2.36 bits per heavy atom. The van der Waals surface area contributed by atoms with Gasteiger partial charge in [-0.1, -0.05) is 0 Å². The minimum atomic E-state index is -2.99. The van der Waals surface area contributed by atoms with Gasteiger partial charge in [0.05, 0.1) is 11.5 Å². The highest BCUT2D eigenvalue weighted by molar-refractivity contribution is 7.91. The first-order chi connectivity index (χ1) is 10.3. The molecule has 1 saturated heterocycles. The van der Waals surface area contributed by atoms with Crippen LogP contribution in [-0.4, -0.2) is 56.9 Å². The fraction of sp³-hybridized carbons (Fsp3) is 0.462. The summed E-state index contributed by atoms with van der Waals surface area (Å²) in [5.74, 6) is -4.91. The maximum atomic E-state index is 13.4. The molecule has 1 aliphatic heterocycles. The van der Waals surface area contributed by atoms with Crippen molar-refractivity contribution in [3.8, 4) is 0 Å². The molecule has 0 radical (unpaired) electrons. The van der Waals surface area contributed by atoms with Gasteiger partial charge < -0.3 is 5.32 Å². The van der Waals surface area contributed by atoms with Crippen LogP contribution in [0.3, 0.4) is 0 Å². The molecule has 1 N–H and O–H groups in total. The van der Waals surface area contributed by atoms with Gasteiger partial charge in [0.25, 0.3) is 5.91 Å². The molecule has 0 saturated carbocycles. The molecule has 5 nitrogen and oxygen atoms in total. The van der Waals surface area contributed by atoms with Crippen LogP contribution < -0.4 is 5.32 Å². The molecular weight excluding hydrogens is 321 g/mol. The second kappa shape index (κ2) is 6.66. The van der Waals surface area contributed by atoms with Crippen LogP contribution in [0.5, 0.6) is 0 Å². The van der Waals surface area contributed by atoms with E-state index in [1.165, 1.54) is 0 Å². The molecule has 1 heterocycles. The summed E-state index contributed by atoms with van der Waals surface area (Å²) in [6, 6.07) is 1.29. The van der Waals surface area contributed by atoms with Crippen molar-refractivity contribution in [1.82, 2.24) is 10.2 Å². The SMILES string of the molecule is O=C(NCCN1CCS(=O)(=O)CC1)c1c(F)ccc(F)c1F. The van der Waals surface area contributed by atoms with E-state index in [9.17, 15) is 26.4 Å². The van der Waals surface area contributed by atoms with E-state index in [1.54, 1.807) is 0 Å². The molecule has 1 aromatic rings. The van der Waals surface area contributed by atoms with Gasteiger partial charge in [0.15, 0.2) is 21.5 Å². The van der Waals surface area contributed by atoms with Crippen molar-refractivity contribution in [3.63, 3.8) is 0 Å². The molecule has 22 heavy (non-hydrogen) atoms. The normalized spacial score (nSPS) is 18.1. The summed E-state index contributed by atoms with van der Waals surface area (Å²) in [5.41, 5.74) is -0.957. The average molecular weight is 336 g/mol. The Bertz CT molecular complexity index is 665. The van der Waals surface area contributed by atoms with Crippen LogP contribution in [0.25, 0.3) is 0 Å². The van der Waals surface area contributed by atoms with Crippen LogP contribution in [0.15, 0.2) is 12.1 Å². The standard InChI is InChI=1S/C13H15F3N2O3S/c14-9-1-2-10(15)12(16)11(9)13(19)17-3-4-18-5-7-22(20,21)8-6-18/h1-2H,3-8H2,(H,17,19). The lowest BCUT2D eigenvalue weighted by Crippen LogP contribution is -2.44. The molecule has 1 fully saturated rings. The quantitative estimate of drug-likeness (QED) is 0.816. The van der Waals surface area contributed by atoms with Gasteiger partial charge in [0.1, 0.15) is 11.4 Å². The van der Waals surface area contributed by atoms with Gasteiger partial charge in [-0.25, -0.2) is 21.6 Å². The van der Waals surface area contributed by atoms with Crippen LogP contribution in [0.4, 0.5) is 13.2 Å². The van der Waals surface area contributed by atoms with Gasteiger partial charge in [-0.2, -0.15) is 0 Å². The van der Waals surface area contributed by atoms with Gasteiger partial charge in [-0.3, -0.25) is 9.69 Å². The Morgan fingerprint density at radius 1 is 1.14 bits per heavy atom. The monoisotopic (exact) mass is 336 g/mol. The first-order valence-electron chi connectivity index (χ1n) is 6.64. The van der Waals surface area contributed by atoms with Crippen molar-refractivity contribution in [1.29, 1.82) is 0 Å². The van der Waals surface area contributed by atoms with Crippen molar-refractivity contribution >= 4 is 15.7 Å². The molecule has 0 spiro atoms. The number of carbonyl (C=O) groups excluding carboxylic acids is 1. The van der Waals surface area contributed by atoms with Gasteiger partial charge in [0, 0.05) is 26.2 Å². The Morgan fingerprint density at radius 2 is 1.73 bits per heavy atom. The van der Waals surface area contributed by atoms with Crippen molar-refractivity contribution in [3.05, 3.63) is 35.1 Å². The van der Waals surface area contributed by atoms with Crippen molar-refractivity contribution in [2.45, 2.75) is 0 Å². The third-order valence-corrected chi connectivity index (χ3v) is 5.03. The number of benzene rings is 1. The second-order valence-corrected chi connectivity index (χ2v) is 7.27. The summed E-state index contributed by atoms with van der Waals surface area (Å²) in [6.07, 6.45) is 0. The minimum absolute atomic E-state index is 0.0497. The summed E-state index contributed by atoms with van der Waals surface area (Å²) in [6.45, 7) is 1.12. The predicted octanol–water partition coefficient (Wildman–Crippen LogP) is 0.564. The number of halogens is 3. The largest absolute Gasteiger partial charge is 0.351 e. The van der Waals surface area contributed by atoms with Crippen LogP contribution in [0, 0.1) is 17.5 Å². The molecule has 9 heteroatoms. The topological polar surface area (TPSA) is 66.5 Å². The predicted molar refractivity (Wildman–Crippen MR) is 73.7 cm³/mol. The van der Waals surface area contributed by atoms with Gasteiger partial charge >= 0.3 is 0 Å². The maximum Gasteiger partial charge on any atom is 0.257 e. The van der Waals surface area contributed by atoms with Gasteiger partial charge in [-0.05, 0) is 12.1 Å². The van der Waals surface area contributed by atoms with Crippen molar-refractivity contribution < 1.29 is 26.4 Å². The fourth-order valence-electron chi connectivity index (χ4n) is 2.12. The van der Waals surface area contributed by atoms with E-state index in [-0.39, 0.29) is 18.1 Å². The Kier molecular flexibility index (Phi) is 5.07. The molecule has 0 atom stereocenters. The number of hydrogen-bond donors (Lipinski definition) is 1. The zero-order valence-corrected chi connectivity index (χ0v) is 12.4. The van der Waals surface area contributed by atoms with Crippen LogP contribution in [0.2, 0.25) is 0 Å². The number of sulfone groups is 1. The molecule has 0 unspecified atom stereocenters. The molecule has 2 rings (SSSR count). The average Bonchev–Trinajstić information content (AvgIpc) is 2.45. The molecule has 1 aliphatic rings. The van der Waals surface area contributed by atoms with E-state index in [0.717, 1.165) is 0 Å². The summed E-state index contributed by atoms with van der Waals surface area (Å²) in [7, 11) is -2.99. The summed E-state index contributed by atoms with van der Waals surface area (Å²) < 4.78 is 62.4. The Labute approximate surface area is 126 Å². The number of rotatable bonds is 4. The lowest BCUT2D eigenvalue weighted by molar-refractivity contribution is 0.0939. The van der Waals surface area contributed by atoms with Crippen LogP contribution >= 0.6 is 0 Å². The molecular formula is C13H15F3N2O3S. The molecule has 0 aliphatic carbocycles. The zero-order valence-electron chi connectivity index (χ0n) is 11.6. The highest BCUT2D eigenvalue weighted by Crippen LogP contribution is 2.15. The first-order valence-corrected chi connectivity index (χ1v) is 8.47. The number of nitrogens with zero attached hydrogens (tertiary/aromatic N) is 1. The van der Waals surface area contributed by atoms with E-state index in [4.69, 9.17) is 0 Å². The number of hydrogen-bond acceptors (Lipinski definition) is 4. The maximum absolute atomic E-state index is 13.4. The third kappa shape index (κ3) is 3.98. The van der Waals surface area contributed by atoms with E-state index in [2.05, 4.69) is 5.32 Å². The molecule has 1 amide bonds. The Hall–Kier alpha value is -1.61. The Balaban J connectivity index is 1.88. The lowest BCUT2D eigenvalue weighted by Gasteiger charge is -2.26. The lowest BCUT2D eigenvalue weighted by atomic mass is 10.1. The highest BCUT2D eigenvalue weighted by atomic mass is 32.2. The number of carbonyl (C=O) groups is 1. The van der Waals surface area contributed by atoms with Crippen LogP contribution in [0.1, 0.15) is 10.4 Å². The van der Waals surface area contributed by atoms with Gasteiger partial charge in [0.2, 0.25) is 0 Å². The molecule has 122 valence electrons. The van der Waals surface area contributed by atoms with Crippen LogP contribution in [-0.2, 0) is 9.84 Å². The number of nitrogens with one attached hydrogen (secondary N) is 1. The summed E-state index contributed by atoms with van der Waals surface area (Å²) in [5, 5.41) is 2.30. The van der Waals surface area contributed by atoms with Gasteiger partial charge in [-0.15, -0.1) is 0 Å². The van der Waals surface area contributed by atoms with E-state index < -0.39 is 38.8 Å². The minimum Gasteiger partial charge on any atom is -0.351 e. The third-order valence-electron chi connectivity index (χ3n) is 3.42. The van der Waals surface area contributed by atoms with E-state index in [0.29, 0.717) is 31.8 Å². The van der Waals surface area contributed by atoms with Crippen molar-refractivity contribution in [2.24, 2.45) is 0 Å². The number of amides is 1.